The highest BCUT2D eigenvalue weighted by Gasteiger charge is 2.53. The molecule has 1 atom stereocenters. The Morgan fingerprint density at radius 1 is 1.11 bits per heavy atom. The first-order valence-electron chi connectivity index (χ1n) is 14.6. The quantitative estimate of drug-likeness (QED) is 0.298. The van der Waals surface area contributed by atoms with Crippen molar-refractivity contribution >= 4 is 29.9 Å². The predicted octanol–water partition coefficient (Wildman–Crippen LogP) is 5.18. The maximum absolute atomic E-state index is 13.8. The van der Waals surface area contributed by atoms with Gasteiger partial charge >= 0.3 is 0 Å². The molecule has 0 bridgehead atoms. The normalized spacial score (nSPS) is 19.5. The van der Waals surface area contributed by atoms with Gasteiger partial charge in [0.05, 0.1) is 5.69 Å². The largest absolute Gasteiger partial charge is 0.351 e. The molecule has 3 aliphatic rings. The number of hydrogen-bond donors (Lipinski definition) is 1. The van der Waals surface area contributed by atoms with E-state index in [1.807, 2.05) is 19.9 Å². The second-order valence-electron chi connectivity index (χ2n) is 10.6. The first-order chi connectivity index (χ1) is 21.6. The van der Waals surface area contributed by atoms with E-state index in [1.54, 1.807) is 24.3 Å². The Hall–Kier alpha value is -4.86. The van der Waals surface area contributed by atoms with Gasteiger partial charge in [-0.05, 0) is 48.6 Å². The van der Waals surface area contributed by atoms with E-state index in [9.17, 15) is 31.9 Å². The lowest BCUT2D eigenvalue weighted by Crippen LogP contribution is -2.60. The van der Waals surface area contributed by atoms with Crippen LogP contribution in [0.1, 0.15) is 62.8 Å². The zero-order valence-corrected chi connectivity index (χ0v) is 24.8. The molecule has 3 aromatic rings. The molecular formula is C32H32F4N6O3. The molecule has 1 unspecified atom stereocenters. The highest BCUT2D eigenvalue weighted by atomic mass is 19.3. The van der Waals surface area contributed by atoms with E-state index >= 15 is 0 Å². The van der Waals surface area contributed by atoms with Gasteiger partial charge in [-0.1, -0.05) is 38.1 Å². The van der Waals surface area contributed by atoms with E-state index < -0.39 is 47.9 Å². The summed E-state index contributed by atoms with van der Waals surface area (Å²) in [5.74, 6) is -4.89. The molecule has 1 saturated heterocycles. The maximum atomic E-state index is 13.8. The van der Waals surface area contributed by atoms with E-state index in [0.29, 0.717) is 43.4 Å². The molecule has 13 heteroatoms. The highest BCUT2D eigenvalue weighted by molar-refractivity contribution is 5.98. The van der Waals surface area contributed by atoms with Gasteiger partial charge in [0.15, 0.2) is 5.54 Å². The van der Waals surface area contributed by atoms with Gasteiger partial charge in [-0.25, -0.2) is 27.5 Å². The van der Waals surface area contributed by atoms with E-state index in [4.69, 9.17) is 5.26 Å². The Balaban J connectivity index is 0.000000241. The van der Waals surface area contributed by atoms with E-state index in [1.165, 1.54) is 17.2 Å². The SMILES string of the molecule is CC.N#Cc1ccnc(N2CCCC2=O)n1.O=CN(c1cc(F)cc(F)c1)C1(C(=O)NC2CC(F)(F)C2)CCc2ccccc21. The van der Waals surface area contributed by atoms with Crippen molar-refractivity contribution in [3.05, 3.63) is 83.2 Å². The van der Waals surface area contributed by atoms with Crippen LogP contribution in [0.4, 0.5) is 29.2 Å². The van der Waals surface area contributed by atoms with Crippen LogP contribution in [0.3, 0.4) is 0 Å². The molecule has 2 heterocycles. The number of fused-ring (bicyclic) bond motifs is 1. The molecule has 2 aliphatic carbocycles. The third kappa shape index (κ3) is 6.95. The number of carbonyl (C=O) groups is 3. The van der Waals surface area contributed by atoms with Gasteiger partial charge < -0.3 is 5.32 Å². The van der Waals surface area contributed by atoms with E-state index in [-0.39, 0.29) is 23.7 Å². The predicted molar refractivity (Wildman–Crippen MR) is 157 cm³/mol. The lowest BCUT2D eigenvalue weighted by atomic mass is 9.84. The lowest BCUT2D eigenvalue weighted by Gasteiger charge is -2.42. The fourth-order valence-corrected chi connectivity index (χ4v) is 5.71. The van der Waals surface area contributed by atoms with Crippen molar-refractivity contribution in [2.24, 2.45) is 0 Å². The van der Waals surface area contributed by atoms with Gasteiger partial charge in [0.2, 0.25) is 18.3 Å². The summed E-state index contributed by atoms with van der Waals surface area (Å²) < 4.78 is 54.1. The van der Waals surface area contributed by atoms with Gasteiger partial charge in [-0.15, -0.1) is 0 Å². The van der Waals surface area contributed by atoms with Crippen molar-refractivity contribution < 1.29 is 31.9 Å². The Morgan fingerprint density at radius 3 is 2.40 bits per heavy atom. The van der Waals surface area contributed by atoms with Crippen LogP contribution in [-0.4, -0.2) is 46.7 Å². The Labute approximate surface area is 257 Å². The molecule has 9 nitrogen and oxygen atoms in total. The van der Waals surface area contributed by atoms with Crippen LogP contribution in [0.15, 0.2) is 54.7 Å². The van der Waals surface area contributed by atoms with Crippen LogP contribution in [0.2, 0.25) is 0 Å². The number of nitrogens with zero attached hydrogens (tertiary/aromatic N) is 5. The second-order valence-corrected chi connectivity index (χ2v) is 10.6. The number of halogens is 4. The fourth-order valence-electron chi connectivity index (χ4n) is 5.71. The Kier molecular flexibility index (Phi) is 10.2. The molecule has 2 fully saturated rings. The fraction of sp³-hybridized carbons (Fsp3) is 0.375. The first-order valence-corrected chi connectivity index (χ1v) is 14.6. The molecule has 3 amide bonds. The van der Waals surface area contributed by atoms with Crippen molar-refractivity contribution in [2.45, 2.75) is 69.9 Å². The molecule has 0 spiro atoms. The van der Waals surface area contributed by atoms with Crippen LogP contribution in [0, 0.1) is 23.0 Å². The first kappa shape index (κ1) is 33.0. The number of alkyl halides is 2. The lowest BCUT2D eigenvalue weighted by molar-refractivity contribution is -0.135. The number of rotatable bonds is 6. The number of nitriles is 1. The average molecular weight is 625 g/mol. The number of benzene rings is 2. The molecule has 1 aliphatic heterocycles. The number of nitrogens with one attached hydrogen (secondary N) is 1. The molecule has 1 saturated carbocycles. The summed E-state index contributed by atoms with van der Waals surface area (Å²) >= 11 is 0. The number of amides is 3. The summed E-state index contributed by atoms with van der Waals surface area (Å²) in [4.78, 5) is 47.2. The van der Waals surface area contributed by atoms with Crippen molar-refractivity contribution in [3.8, 4) is 6.07 Å². The van der Waals surface area contributed by atoms with Gasteiger partial charge in [0.25, 0.3) is 11.8 Å². The Morgan fingerprint density at radius 2 is 1.80 bits per heavy atom. The molecule has 0 radical (unpaired) electrons. The molecule has 236 valence electrons. The van der Waals surface area contributed by atoms with Gasteiger partial charge in [0.1, 0.15) is 23.4 Å². The number of aromatic nitrogens is 2. The monoisotopic (exact) mass is 624 g/mol. The molecule has 1 N–H and O–H groups in total. The summed E-state index contributed by atoms with van der Waals surface area (Å²) in [5, 5.41) is 11.2. The van der Waals surface area contributed by atoms with Crippen molar-refractivity contribution in [2.75, 3.05) is 16.3 Å². The van der Waals surface area contributed by atoms with E-state index in [2.05, 4.69) is 15.3 Å². The summed E-state index contributed by atoms with van der Waals surface area (Å²) in [6.45, 7) is 4.65. The Bertz CT molecular complexity index is 1590. The average Bonchev–Trinajstić information content (AvgIpc) is 3.62. The zero-order chi connectivity index (χ0) is 32.8. The zero-order valence-electron chi connectivity index (χ0n) is 24.8. The molecule has 45 heavy (non-hydrogen) atoms. The summed E-state index contributed by atoms with van der Waals surface area (Å²) in [5.41, 5.74) is -0.0904. The van der Waals surface area contributed by atoms with Crippen molar-refractivity contribution in [3.63, 3.8) is 0 Å². The number of carbonyl (C=O) groups excluding carboxylic acids is 3. The van der Waals surface area contributed by atoms with Gasteiger partial charge in [0, 0.05) is 44.1 Å². The minimum atomic E-state index is -2.82. The number of aryl methyl sites for hydroxylation is 1. The molecule has 6 rings (SSSR count). The topological polar surface area (TPSA) is 119 Å². The van der Waals surface area contributed by atoms with Crippen LogP contribution < -0.4 is 15.1 Å². The van der Waals surface area contributed by atoms with Crippen LogP contribution in [0.5, 0.6) is 0 Å². The van der Waals surface area contributed by atoms with Crippen LogP contribution in [0.25, 0.3) is 0 Å². The minimum Gasteiger partial charge on any atom is -0.351 e. The second kappa shape index (κ2) is 13.8. The number of anilines is 2. The summed E-state index contributed by atoms with van der Waals surface area (Å²) in [7, 11) is 0. The van der Waals surface area contributed by atoms with Crippen molar-refractivity contribution in [1.29, 1.82) is 5.26 Å². The highest BCUT2D eigenvalue weighted by Crippen LogP contribution is 2.45. The van der Waals surface area contributed by atoms with Gasteiger partial charge in [-0.3, -0.25) is 24.2 Å². The smallest absolute Gasteiger partial charge is 0.252 e. The van der Waals surface area contributed by atoms with E-state index in [0.717, 1.165) is 29.0 Å². The third-order valence-corrected chi connectivity index (χ3v) is 7.73. The van der Waals surface area contributed by atoms with Crippen LogP contribution >= 0.6 is 0 Å². The minimum absolute atomic E-state index is 0.0279. The molecular weight excluding hydrogens is 592 g/mol. The molecule has 2 aromatic carbocycles. The standard InChI is InChI=1S/C21H18F4N2O2.C9H8N4O.C2H6/c22-14-7-15(23)9-17(8-14)27(12-28)21(6-5-13-3-1-2-4-18(13)21)19(29)26-16-10-20(24,25)11-16;10-6-7-3-4-11-9(12-7)13-5-1-2-8(13)14;1-2/h1-4,7-9,12,16H,5-6,10-11H2,(H,26,29);3-4H,1-2,5H2;1-2H3. The van der Waals surface area contributed by atoms with Crippen molar-refractivity contribution in [1.82, 2.24) is 15.3 Å². The summed E-state index contributed by atoms with van der Waals surface area (Å²) in [6.07, 6.45) is 2.87. The van der Waals surface area contributed by atoms with Gasteiger partial charge in [-0.2, -0.15) is 5.26 Å². The van der Waals surface area contributed by atoms with Crippen LogP contribution in [-0.2, 0) is 26.3 Å². The summed E-state index contributed by atoms with van der Waals surface area (Å²) in [6, 6.07) is 12.3. The third-order valence-electron chi connectivity index (χ3n) is 7.73. The maximum Gasteiger partial charge on any atom is 0.252 e. The number of hydrogen-bond acceptors (Lipinski definition) is 6. The molecule has 1 aromatic heterocycles.